The van der Waals surface area contributed by atoms with Crippen molar-refractivity contribution >= 4 is 52.2 Å². The Labute approximate surface area is 129 Å². The molecule has 0 saturated carbocycles. The molecule has 0 aromatic heterocycles. The highest BCUT2D eigenvalue weighted by Crippen LogP contribution is 2.32. The summed E-state index contributed by atoms with van der Waals surface area (Å²) in [6.07, 6.45) is 1.41. The van der Waals surface area contributed by atoms with Crippen LogP contribution in [0, 0.1) is 0 Å². The standard InChI is InChI=1S/C13H9NO5S2/c15-10(16)6-14-11(17)9(21-13(14)20)5-7-3-1-2-4-8(7)12(18)19/h1-5H,6H2,(H,15,16)(H,18,19). The first-order valence-electron chi connectivity index (χ1n) is 5.69. The summed E-state index contributed by atoms with van der Waals surface area (Å²) >= 11 is 5.91. The quantitative estimate of drug-likeness (QED) is 0.643. The van der Waals surface area contributed by atoms with Gasteiger partial charge in [-0.2, -0.15) is 0 Å². The van der Waals surface area contributed by atoms with Gasteiger partial charge in [-0.1, -0.05) is 42.2 Å². The SMILES string of the molecule is O=C(O)CN1C(=O)C(=Cc2ccccc2C(=O)O)SC1=S. The molecule has 1 fully saturated rings. The summed E-state index contributed by atoms with van der Waals surface area (Å²) in [6, 6.07) is 6.21. The summed E-state index contributed by atoms with van der Waals surface area (Å²) in [7, 11) is 0. The third kappa shape index (κ3) is 3.29. The maximum atomic E-state index is 12.1. The van der Waals surface area contributed by atoms with Crippen molar-refractivity contribution < 1.29 is 24.6 Å². The molecule has 1 heterocycles. The minimum Gasteiger partial charge on any atom is -0.480 e. The van der Waals surface area contributed by atoms with E-state index in [9.17, 15) is 14.4 Å². The molecule has 21 heavy (non-hydrogen) atoms. The number of hydrogen-bond donors (Lipinski definition) is 2. The Kier molecular flexibility index (Phi) is 4.39. The van der Waals surface area contributed by atoms with Crippen LogP contribution in [0.4, 0.5) is 0 Å². The summed E-state index contributed by atoms with van der Waals surface area (Å²) in [5.41, 5.74) is 0.418. The van der Waals surface area contributed by atoms with Gasteiger partial charge in [0, 0.05) is 0 Å². The molecule has 0 atom stereocenters. The number of rotatable bonds is 4. The van der Waals surface area contributed by atoms with E-state index in [1.807, 2.05) is 0 Å². The molecular formula is C13H9NO5S2. The number of aromatic carboxylic acids is 1. The monoisotopic (exact) mass is 323 g/mol. The van der Waals surface area contributed by atoms with Gasteiger partial charge in [-0.15, -0.1) is 0 Å². The van der Waals surface area contributed by atoms with Crippen LogP contribution in [0.1, 0.15) is 15.9 Å². The zero-order chi connectivity index (χ0) is 15.6. The van der Waals surface area contributed by atoms with E-state index in [4.69, 9.17) is 22.4 Å². The first-order valence-corrected chi connectivity index (χ1v) is 6.92. The number of aliphatic carboxylic acids is 1. The summed E-state index contributed by atoms with van der Waals surface area (Å²) in [5.74, 6) is -2.81. The smallest absolute Gasteiger partial charge is 0.336 e. The molecule has 0 spiro atoms. The number of amides is 1. The lowest BCUT2D eigenvalue weighted by atomic mass is 10.1. The van der Waals surface area contributed by atoms with Crippen LogP contribution < -0.4 is 0 Å². The fraction of sp³-hybridized carbons (Fsp3) is 0.0769. The van der Waals surface area contributed by atoms with Gasteiger partial charge < -0.3 is 10.2 Å². The Morgan fingerprint density at radius 1 is 1.29 bits per heavy atom. The molecule has 1 saturated heterocycles. The Morgan fingerprint density at radius 2 is 1.95 bits per heavy atom. The van der Waals surface area contributed by atoms with Gasteiger partial charge in [0.05, 0.1) is 10.5 Å². The van der Waals surface area contributed by atoms with E-state index in [0.717, 1.165) is 16.7 Å². The topological polar surface area (TPSA) is 94.9 Å². The fourth-order valence-electron chi connectivity index (χ4n) is 1.73. The van der Waals surface area contributed by atoms with Crippen molar-refractivity contribution in [2.45, 2.75) is 0 Å². The van der Waals surface area contributed by atoms with Crippen LogP contribution in [0.15, 0.2) is 29.2 Å². The summed E-state index contributed by atoms with van der Waals surface area (Å²) in [6.45, 7) is -0.511. The van der Waals surface area contributed by atoms with E-state index >= 15 is 0 Å². The molecule has 0 aliphatic carbocycles. The molecule has 6 nitrogen and oxygen atoms in total. The zero-order valence-electron chi connectivity index (χ0n) is 10.5. The van der Waals surface area contributed by atoms with E-state index in [1.54, 1.807) is 18.2 Å². The molecule has 2 rings (SSSR count). The second kappa shape index (κ2) is 6.06. The maximum Gasteiger partial charge on any atom is 0.336 e. The lowest BCUT2D eigenvalue weighted by Crippen LogP contribution is -2.33. The highest BCUT2D eigenvalue weighted by atomic mass is 32.2. The number of thioether (sulfide) groups is 1. The van der Waals surface area contributed by atoms with Gasteiger partial charge in [-0.05, 0) is 17.7 Å². The number of hydrogen-bond acceptors (Lipinski definition) is 5. The van der Waals surface area contributed by atoms with Gasteiger partial charge >= 0.3 is 11.9 Å². The van der Waals surface area contributed by atoms with Crippen LogP contribution in [-0.2, 0) is 9.59 Å². The second-order valence-electron chi connectivity index (χ2n) is 4.05. The van der Waals surface area contributed by atoms with Crippen molar-refractivity contribution in [3.05, 3.63) is 40.3 Å². The average Bonchev–Trinajstić information content (AvgIpc) is 2.66. The van der Waals surface area contributed by atoms with Gasteiger partial charge in [0.1, 0.15) is 10.9 Å². The lowest BCUT2D eigenvalue weighted by molar-refractivity contribution is -0.140. The van der Waals surface area contributed by atoms with E-state index in [1.165, 1.54) is 12.1 Å². The van der Waals surface area contributed by atoms with Crippen molar-refractivity contribution in [2.24, 2.45) is 0 Å². The molecule has 1 amide bonds. The van der Waals surface area contributed by atoms with Crippen LogP contribution in [0.25, 0.3) is 6.08 Å². The molecule has 1 aliphatic rings. The van der Waals surface area contributed by atoms with Crippen LogP contribution in [0.2, 0.25) is 0 Å². The fourth-order valence-corrected chi connectivity index (χ4v) is 2.98. The molecule has 1 aromatic carbocycles. The largest absolute Gasteiger partial charge is 0.480 e. The predicted octanol–water partition coefficient (Wildman–Crippen LogP) is 1.67. The van der Waals surface area contributed by atoms with E-state index < -0.39 is 24.4 Å². The van der Waals surface area contributed by atoms with Crippen LogP contribution in [-0.4, -0.2) is 43.8 Å². The van der Waals surface area contributed by atoms with Gasteiger partial charge in [0.2, 0.25) is 0 Å². The van der Waals surface area contributed by atoms with Gasteiger partial charge in [0.25, 0.3) is 5.91 Å². The Hall–Kier alpha value is -2.19. The van der Waals surface area contributed by atoms with E-state index in [-0.39, 0.29) is 14.8 Å². The van der Waals surface area contributed by atoms with Crippen LogP contribution >= 0.6 is 24.0 Å². The predicted molar refractivity (Wildman–Crippen MR) is 80.9 cm³/mol. The molecule has 0 bridgehead atoms. The molecule has 1 aromatic rings. The maximum absolute atomic E-state index is 12.1. The second-order valence-corrected chi connectivity index (χ2v) is 5.73. The number of benzene rings is 1. The third-order valence-electron chi connectivity index (χ3n) is 2.64. The van der Waals surface area contributed by atoms with Crippen molar-refractivity contribution in [2.75, 3.05) is 6.54 Å². The van der Waals surface area contributed by atoms with E-state index in [2.05, 4.69) is 0 Å². The highest BCUT2D eigenvalue weighted by Gasteiger charge is 2.33. The normalized spacial score (nSPS) is 16.6. The number of thiocarbonyl (C=S) groups is 1. The summed E-state index contributed by atoms with van der Waals surface area (Å²) < 4.78 is 0.140. The zero-order valence-corrected chi connectivity index (χ0v) is 12.1. The first kappa shape index (κ1) is 15.2. The minimum absolute atomic E-state index is 0.0565. The number of carboxylic acid groups (broad SMARTS) is 2. The minimum atomic E-state index is -1.17. The average molecular weight is 323 g/mol. The number of carboxylic acids is 2. The van der Waals surface area contributed by atoms with Crippen LogP contribution in [0.3, 0.4) is 0 Å². The highest BCUT2D eigenvalue weighted by molar-refractivity contribution is 8.26. The Balaban J connectivity index is 2.35. The van der Waals surface area contributed by atoms with E-state index in [0.29, 0.717) is 5.56 Å². The molecule has 8 heteroatoms. The first-order chi connectivity index (χ1) is 9.90. The number of nitrogens with zero attached hydrogens (tertiary/aromatic N) is 1. The number of carbonyl (C=O) groups excluding carboxylic acids is 1. The Bertz CT molecular complexity index is 683. The van der Waals surface area contributed by atoms with Crippen molar-refractivity contribution in [3.8, 4) is 0 Å². The Morgan fingerprint density at radius 3 is 2.57 bits per heavy atom. The molecule has 108 valence electrons. The van der Waals surface area contributed by atoms with Crippen molar-refractivity contribution in [1.29, 1.82) is 0 Å². The lowest BCUT2D eigenvalue weighted by Gasteiger charge is -2.10. The van der Waals surface area contributed by atoms with Crippen molar-refractivity contribution in [1.82, 2.24) is 4.90 Å². The van der Waals surface area contributed by atoms with Crippen molar-refractivity contribution in [3.63, 3.8) is 0 Å². The van der Waals surface area contributed by atoms with Gasteiger partial charge in [-0.25, -0.2) is 4.79 Å². The van der Waals surface area contributed by atoms with Gasteiger partial charge in [-0.3, -0.25) is 14.5 Å². The molecular weight excluding hydrogens is 314 g/mol. The van der Waals surface area contributed by atoms with Gasteiger partial charge in [0.15, 0.2) is 0 Å². The van der Waals surface area contributed by atoms with Crippen LogP contribution in [0.5, 0.6) is 0 Å². The molecule has 2 N–H and O–H groups in total. The number of carbonyl (C=O) groups is 3. The summed E-state index contributed by atoms with van der Waals surface area (Å²) in [5, 5.41) is 17.8. The molecule has 0 radical (unpaired) electrons. The molecule has 0 unspecified atom stereocenters. The molecule has 1 aliphatic heterocycles. The summed E-state index contributed by atoms with van der Waals surface area (Å²) in [4.78, 5) is 35.1. The third-order valence-corrected chi connectivity index (χ3v) is 4.02.